The molecule has 0 bridgehead atoms. The van der Waals surface area contributed by atoms with Crippen LogP contribution in [0.4, 0.5) is 0 Å². The highest BCUT2D eigenvalue weighted by Crippen LogP contribution is 2.41. The summed E-state index contributed by atoms with van der Waals surface area (Å²) >= 11 is -2.27. The lowest BCUT2D eigenvalue weighted by Crippen LogP contribution is -1.97. The zero-order valence-electron chi connectivity index (χ0n) is 17.1. The number of hydrogen-bond acceptors (Lipinski definition) is 7. The van der Waals surface area contributed by atoms with Gasteiger partial charge in [0.2, 0.25) is 5.75 Å². The van der Waals surface area contributed by atoms with E-state index in [1.807, 2.05) is 30.3 Å². The summed E-state index contributed by atoms with van der Waals surface area (Å²) in [4.78, 5) is 9.65. The average molecular weight is 435 g/mol. The molecule has 0 radical (unpaired) electrons. The lowest BCUT2D eigenvalue weighted by atomic mass is 10.0. The molecule has 1 atom stereocenters. The fourth-order valence-corrected chi connectivity index (χ4v) is 3.74. The summed E-state index contributed by atoms with van der Waals surface area (Å²) in [6.45, 7) is 0. The van der Waals surface area contributed by atoms with Gasteiger partial charge in [-0.3, -0.25) is 9.19 Å². The van der Waals surface area contributed by atoms with Gasteiger partial charge in [0.1, 0.15) is 0 Å². The lowest BCUT2D eigenvalue weighted by Gasteiger charge is -2.14. The first-order chi connectivity index (χ1) is 15.0. The van der Waals surface area contributed by atoms with Crippen LogP contribution in [-0.4, -0.2) is 40.1 Å². The summed E-state index contributed by atoms with van der Waals surface area (Å²) < 4.78 is 38.6. The van der Waals surface area contributed by atoms with Crippen molar-refractivity contribution in [3.8, 4) is 39.6 Å². The van der Waals surface area contributed by atoms with E-state index in [0.29, 0.717) is 28.5 Å². The van der Waals surface area contributed by atoms with Crippen molar-refractivity contribution in [1.29, 1.82) is 0 Å². The summed E-state index contributed by atoms with van der Waals surface area (Å²) in [7, 11) is 4.67. The van der Waals surface area contributed by atoms with E-state index < -0.39 is 11.1 Å². The Morgan fingerprint density at radius 3 is 2.13 bits per heavy atom. The van der Waals surface area contributed by atoms with Gasteiger partial charge in [-0.25, -0.2) is 4.98 Å². The van der Waals surface area contributed by atoms with E-state index in [0.717, 1.165) is 22.2 Å². The molecule has 31 heavy (non-hydrogen) atoms. The standard InChI is InChI=1S/C23H20N2O5S/c1-28-20-11-15(12-21(29-2)23(20)30-3)19-13-24-18-6-4-5-17(22(18)25-19)14-7-9-16(10-8-14)31(26)27/h4-13H,1-3H3,(H,26,27)/p-1. The SMILES string of the molecule is COc1cc(-c2cnc3cccc(-c4ccc(S(=O)[O-])cc4)c3n2)cc(OC)c1OC. The Labute approximate surface area is 181 Å². The molecule has 0 fully saturated rings. The highest BCUT2D eigenvalue weighted by molar-refractivity contribution is 7.79. The quantitative estimate of drug-likeness (QED) is 0.418. The number of fused-ring (bicyclic) bond motifs is 1. The Kier molecular flexibility index (Phi) is 5.83. The Bertz CT molecular complexity index is 1250. The van der Waals surface area contributed by atoms with Crippen molar-refractivity contribution in [1.82, 2.24) is 9.97 Å². The van der Waals surface area contributed by atoms with Gasteiger partial charge in [0.25, 0.3) is 0 Å². The number of hydrogen-bond donors (Lipinski definition) is 0. The van der Waals surface area contributed by atoms with Crippen LogP contribution in [0, 0.1) is 0 Å². The molecule has 0 saturated heterocycles. The molecule has 0 saturated carbocycles. The van der Waals surface area contributed by atoms with Crippen LogP contribution in [0.1, 0.15) is 0 Å². The average Bonchev–Trinajstić information content (AvgIpc) is 2.82. The number of aromatic nitrogens is 2. The van der Waals surface area contributed by atoms with E-state index >= 15 is 0 Å². The van der Waals surface area contributed by atoms with Crippen molar-refractivity contribution in [3.05, 3.63) is 60.8 Å². The lowest BCUT2D eigenvalue weighted by molar-refractivity contribution is 0.324. The van der Waals surface area contributed by atoms with Gasteiger partial charge in [-0.2, -0.15) is 0 Å². The molecule has 0 spiro atoms. The highest BCUT2D eigenvalue weighted by Gasteiger charge is 2.16. The molecule has 4 rings (SSSR count). The first-order valence-corrected chi connectivity index (χ1v) is 10.4. The van der Waals surface area contributed by atoms with Crippen LogP contribution in [0.15, 0.2) is 65.7 Å². The molecule has 1 heterocycles. The Morgan fingerprint density at radius 1 is 0.871 bits per heavy atom. The maximum absolute atomic E-state index is 11.2. The molecule has 1 aromatic heterocycles. The first kappa shape index (κ1) is 20.8. The van der Waals surface area contributed by atoms with E-state index in [2.05, 4.69) is 4.98 Å². The van der Waals surface area contributed by atoms with Crippen molar-refractivity contribution in [2.45, 2.75) is 4.90 Å². The van der Waals surface area contributed by atoms with E-state index in [4.69, 9.17) is 19.2 Å². The van der Waals surface area contributed by atoms with Gasteiger partial charge in [0.15, 0.2) is 11.5 Å². The Morgan fingerprint density at radius 2 is 1.55 bits per heavy atom. The van der Waals surface area contributed by atoms with Crippen molar-refractivity contribution >= 4 is 22.1 Å². The monoisotopic (exact) mass is 435 g/mol. The van der Waals surface area contributed by atoms with Gasteiger partial charge in [-0.05, 0) is 47.0 Å². The van der Waals surface area contributed by atoms with Crippen LogP contribution in [0.2, 0.25) is 0 Å². The predicted molar refractivity (Wildman–Crippen MR) is 117 cm³/mol. The molecule has 7 nitrogen and oxygen atoms in total. The minimum atomic E-state index is -2.27. The largest absolute Gasteiger partial charge is 0.768 e. The van der Waals surface area contributed by atoms with Gasteiger partial charge in [0, 0.05) is 16.0 Å². The minimum Gasteiger partial charge on any atom is -0.768 e. The van der Waals surface area contributed by atoms with Crippen molar-refractivity contribution in [3.63, 3.8) is 0 Å². The first-order valence-electron chi connectivity index (χ1n) is 9.31. The molecule has 0 aliphatic rings. The molecule has 158 valence electrons. The molecule has 4 aromatic rings. The Balaban J connectivity index is 1.87. The number of benzene rings is 3. The summed E-state index contributed by atoms with van der Waals surface area (Å²) in [5.74, 6) is 1.54. The van der Waals surface area contributed by atoms with E-state index in [9.17, 15) is 8.76 Å². The summed E-state index contributed by atoms with van der Waals surface area (Å²) in [6.07, 6.45) is 1.69. The number of ether oxygens (including phenoxy) is 3. The normalized spacial score (nSPS) is 11.9. The Hall–Kier alpha value is -3.49. The van der Waals surface area contributed by atoms with Crippen molar-refractivity contribution < 1.29 is 23.0 Å². The number of para-hydroxylation sites is 1. The van der Waals surface area contributed by atoms with Crippen LogP contribution >= 0.6 is 0 Å². The van der Waals surface area contributed by atoms with Crippen LogP contribution in [0.25, 0.3) is 33.4 Å². The number of nitrogens with zero attached hydrogens (tertiary/aromatic N) is 2. The van der Waals surface area contributed by atoms with Gasteiger partial charge in [0.05, 0.1) is 44.3 Å². The molecule has 3 aromatic carbocycles. The van der Waals surface area contributed by atoms with Gasteiger partial charge >= 0.3 is 0 Å². The second kappa shape index (κ2) is 8.71. The van der Waals surface area contributed by atoms with Gasteiger partial charge in [-0.15, -0.1) is 0 Å². The molecular formula is C23H19N2O5S-. The topological polar surface area (TPSA) is 93.6 Å². The second-order valence-electron chi connectivity index (χ2n) is 6.60. The highest BCUT2D eigenvalue weighted by atomic mass is 32.2. The van der Waals surface area contributed by atoms with Gasteiger partial charge < -0.3 is 18.8 Å². The number of methoxy groups -OCH3 is 3. The van der Waals surface area contributed by atoms with Crippen LogP contribution in [-0.2, 0) is 11.1 Å². The molecule has 1 unspecified atom stereocenters. The maximum atomic E-state index is 11.2. The molecular weight excluding hydrogens is 416 g/mol. The summed E-state index contributed by atoms with van der Waals surface area (Å²) in [5, 5.41) is 0. The fraction of sp³-hybridized carbons (Fsp3) is 0.130. The van der Waals surface area contributed by atoms with Crippen LogP contribution in [0.5, 0.6) is 17.2 Å². The van der Waals surface area contributed by atoms with E-state index in [1.54, 1.807) is 51.8 Å². The van der Waals surface area contributed by atoms with Crippen molar-refractivity contribution in [2.75, 3.05) is 21.3 Å². The molecule has 0 aliphatic heterocycles. The third kappa shape index (κ3) is 3.95. The smallest absolute Gasteiger partial charge is 0.203 e. The zero-order valence-corrected chi connectivity index (χ0v) is 17.9. The molecule has 0 N–H and O–H groups in total. The minimum absolute atomic E-state index is 0.230. The van der Waals surface area contributed by atoms with Crippen LogP contribution < -0.4 is 14.2 Å². The van der Waals surface area contributed by atoms with Crippen molar-refractivity contribution in [2.24, 2.45) is 0 Å². The van der Waals surface area contributed by atoms with E-state index in [1.165, 1.54) is 0 Å². The van der Waals surface area contributed by atoms with Gasteiger partial charge in [-0.1, -0.05) is 24.3 Å². The second-order valence-corrected chi connectivity index (χ2v) is 7.54. The predicted octanol–water partition coefficient (Wildman–Crippen LogP) is 4.23. The summed E-state index contributed by atoms with van der Waals surface area (Å²) in [6, 6.07) is 16.0. The molecule has 0 aliphatic carbocycles. The molecule has 0 amide bonds. The fourth-order valence-electron chi connectivity index (χ4n) is 3.38. The van der Waals surface area contributed by atoms with Crippen LogP contribution in [0.3, 0.4) is 0 Å². The van der Waals surface area contributed by atoms with E-state index in [-0.39, 0.29) is 4.90 Å². The summed E-state index contributed by atoms with van der Waals surface area (Å²) in [5.41, 5.74) is 4.51. The maximum Gasteiger partial charge on any atom is 0.203 e. The third-order valence-electron chi connectivity index (χ3n) is 4.89. The molecule has 8 heteroatoms. The zero-order chi connectivity index (χ0) is 22.0. The number of rotatable bonds is 6. The third-order valence-corrected chi connectivity index (χ3v) is 5.55.